The van der Waals surface area contributed by atoms with Gasteiger partial charge in [-0.1, -0.05) is 36.4 Å². The van der Waals surface area contributed by atoms with Gasteiger partial charge >= 0.3 is 5.97 Å². The van der Waals surface area contributed by atoms with E-state index in [-0.39, 0.29) is 17.4 Å². The van der Waals surface area contributed by atoms with Gasteiger partial charge in [0, 0.05) is 25.9 Å². The number of aromatic nitrogens is 3. The highest BCUT2D eigenvalue weighted by Crippen LogP contribution is 2.29. The summed E-state index contributed by atoms with van der Waals surface area (Å²) in [5.74, 6) is -1.15. The number of ether oxygens (including phenoxy) is 2. The van der Waals surface area contributed by atoms with Crippen molar-refractivity contribution >= 4 is 5.97 Å². The molecular formula is C32H29F2N3O3. The summed E-state index contributed by atoms with van der Waals surface area (Å²) < 4.78 is 40.6. The molecule has 0 N–H and O–H groups in total. The van der Waals surface area contributed by atoms with Gasteiger partial charge in [-0.25, -0.2) is 18.7 Å². The van der Waals surface area contributed by atoms with Gasteiger partial charge in [0.1, 0.15) is 11.4 Å². The van der Waals surface area contributed by atoms with E-state index in [2.05, 4.69) is 47.2 Å². The van der Waals surface area contributed by atoms with Gasteiger partial charge in [0.05, 0.1) is 24.5 Å². The average molecular weight is 542 g/mol. The molecule has 8 heteroatoms. The highest BCUT2D eigenvalue weighted by atomic mass is 19.2. The second-order valence-corrected chi connectivity index (χ2v) is 9.61. The van der Waals surface area contributed by atoms with Crippen molar-refractivity contribution < 1.29 is 23.0 Å². The molecule has 0 amide bonds. The topological polar surface area (TPSA) is 66.2 Å². The summed E-state index contributed by atoms with van der Waals surface area (Å²) in [6.45, 7) is 5.08. The largest absolute Gasteiger partial charge is 0.494 e. The highest BCUT2D eigenvalue weighted by Gasteiger charge is 2.17. The van der Waals surface area contributed by atoms with Gasteiger partial charge in [-0.3, -0.25) is 4.79 Å². The molecule has 0 atom stereocenters. The van der Waals surface area contributed by atoms with Crippen molar-refractivity contribution in [2.75, 3.05) is 13.2 Å². The second-order valence-electron chi connectivity index (χ2n) is 9.61. The number of unbranched alkanes of at least 4 members (excludes halogenated alkanes) is 1. The fourth-order valence-electron chi connectivity index (χ4n) is 4.51. The van der Waals surface area contributed by atoms with Crippen LogP contribution in [0.1, 0.15) is 30.9 Å². The molecule has 0 spiro atoms. The van der Waals surface area contributed by atoms with Gasteiger partial charge in [0.2, 0.25) is 0 Å². The van der Waals surface area contributed by atoms with Crippen LogP contribution in [0.2, 0.25) is 0 Å². The maximum absolute atomic E-state index is 14.2. The van der Waals surface area contributed by atoms with E-state index in [1.807, 2.05) is 35.2 Å². The monoisotopic (exact) mass is 541 g/mol. The standard InChI is InChI=1S/C32H29F2N3O3/c1-21-18-25(40-17-4-3-16-39-22(2)38)12-13-26(21)24-10-8-23(9-11-24)19-37-15-14-29-30(20-37)36-32(35-29)27-6-5-7-28(33)31(27)34/h5-15,18,20H,3-4,16-17,19H2,1-2H3. The smallest absolute Gasteiger partial charge is 0.302 e. The average Bonchev–Trinajstić information content (AvgIpc) is 3.36. The van der Waals surface area contributed by atoms with Crippen LogP contribution in [-0.2, 0) is 16.1 Å². The number of imidazole rings is 1. The molecule has 0 saturated carbocycles. The molecule has 2 heterocycles. The second kappa shape index (κ2) is 12.1. The first kappa shape index (κ1) is 27.0. The third-order valence-electron chi connectivity index (χ3n) is 6.56. The van der Waals surface area contributed by atoms with E-state index in [9.17, 15) is 13.6 Å². The Balaban J connectivity index is 1.22. The lowest BCUT2D eigenvalue weighted by atomic mass is 9.99. The molecule has 0 aliphatic carbocycles. The van der Waals surface area contributed by atoms with Crippen LogP contribution in [0.3, 0.4) is 0 Å². The molecule has 204 valence electrons. The van der Waals surface area contributed by atoms with Crippen LogP contribution >= 0.6 is 0 Å². The zero-order valence-electron chi connectivity index (χ0n) is 22.4. The summed E-state index contributed by atoms with van der Waals surface area (Å²) in [4.78, 5) is 19.6. The van der Waals surface area contributed by atoms with Gasteiger partial charge in [-0.05, 0) is 72.4 Å². The number of esters is 1. The molecule has 0 radical (unpaired) electrons. The van der Waals surface area contributed by atoms with E-state index in [0.717, 1.165) is 46.9 Å². The molecule has 2 aliphatic heterocycles. The molecule has 5 rings (SSSR count). The lowest BCUT2D eigenvalue weighted by Crippen LogP contribution is -2.03. The van der Waals surface area contributed by atoms with Crippen LogP contribution in [0.5, 0.6) is 5.75 Å². The summed E-state index contributed by atoms with van der Waals surface area (Å²) in [7, 11) is 0. The van der Waals surface area contributed by atoms with E-state index in [0.29, 0.717) is 31.1 Å². The van der Waals surface area contributed by atoms with E-state index in [1.165, 1.54) is 19.1 Å². The SMILES string of the molecule is CC(=O)OCCCCOc1ccc(-c2ccc(Cn3ccc4nc(-c5cccc(F)c5F)nc-4c3)cc2)c(C)c1. The maximum Gasteiger partial charge on any atom is 0.302 e. The number of hydrogen-bond acceptors (Lipinski definition) is 5. The molecule has 2 aliphatic rings. The number of carbonyl (C=O) groups excluding carboxylic acids is 1. The first-order chi connectivity index (χ1) is 19.4. The van der Waals surface area contributed by atoms with Crippen molar-refractivity contribution in [2.24, 2.45) is 0 Å². The zero-order chi connectivity index (χ0) is 28.1. The molecule has 0 bridgehead atoms. The first-order valence-corrected chi connectivity index (χ1v) is 13.1. The molecule has 0 saturated heterocycles. The van der Waals surface area contributed by atoms with Gasteiger partial charge in [-0.15, -0.1) is 0 Å². The summed E-state index contributed by atoms with van der Waals surface area (Å²) in [6, 6.07) is 20.3. The van der Waals surface area contributed by atoms with Crippen LogP contribution in [0, 0.1) is 18.6 Å². The fraction of sp³-hybridized carbons (Fsp3) is 0.219. The minimum Gasteiger partial charge on any atom is -0.494 e. The third-order valence-corrected chi connectivity index (χ3v) is 6.56. The number of aryl methyl sites for hydroxylation is 1. The van der Waals surface area contributed by atoms with E-state index in [1.54, 1.807) is 0 Å². The van der Waals surface area contributed by atoms with Gasteiger partial charge in [0.25, 0.3) is 0 Å². The Morgan fingerprint density at radius 3 is 2.45 bits per heavy atom. The minimum absolute atomic E-state index is 0.0458. The van der Waals surface area contributed by atoms with E-state index in [4.69, 9.17) is 9.47 Å². The normalized spacial score (nSPS) is 11.1. The Hall–Kier alpha value is -4.59. The fourth-order valence-corrected chi connectivity index (χ4v) is 4.51. The van der Waals surface area contributed by atoms with Gasteiger partial charge < -0.3 is 14.0 Å². The number of fused-ring (bicyclic) bond motifs is 1. The van der Waals surface area contributed by atoms with E-state index >= 15 is 0 Å². The van der Waals surface area contributed by atoms with Crippen LogP contribution in [-0.4, -0.2) is 33.7 Å². The molecule has 0 unspecified atom stereocenters. The predicted molar refractivity (Wildman–Crippen MR) is 149 cm³/mol. The molecular weight excluding hydrogens is 512 g/mol. The Morgan fingerprint density at radius 1 is 0.900 bits per heavy atom. The number of benzene rings is 3. The van der Waals surface area contributed by atoms with Crippen LogP contribution < -0.4 is 4.74 Å². The highest BCUT2D eigenvalue weighted by molar-refractivity contribution is 5.69. The number of halogens is 2. The molecule has 6 nitrogen and oxygen atoms in total. The lowest BCUT2D eigenvalue weighted by molar-refractivity contribution is -0.141. The summed E-state index contributed by atoms with van der Waals surface area (Å²) in [5, 5.41) is 0. The minimum atomic E-state index is -0.948. The van der Waals surface area contributed by atoms with Gasteiger partial charge in [0.15, 0.2) is 17.5 Å². The van der Waals surface area contributed by atoms with Crippen LogP contribution in [0.15, 0.2) is 79.1 Å². The number of rotatable bonds is 10. The third kappa shape index (κ3) is 6.34. The molecule has 3 aromatic rings. The lowest BCUT2D eigenvalue weighted by Gasteiger charge is -2.12. The van der Waals surface area contributed by atoms with Gasteiger partial charge in [-0.2, -0.15) is 0 Å². The van der Waals surface area contributed by atoms with Crippen molar-refractivity contribution in [2.45, 2.75) is 33.2 Å². The number of carbonyl (C=O) groups is 1. The Bertz CT molecular complexity index is 1600. The molecule has 40 heavy (non-hydrogen) atoms. The summed E-state index contributed by atoms with van der Waals surface area (Å²) in [5.41, 5.74) is 5.74. The number of pyridine rings is 1. The molecule has 3 aromatic carbocycles. The Kier molecular flexibility index (Phi) is 8.15. The Labute approximate surface area is 231 Å². The molecule has 0 fully saturated rings. The van der Waals surface area contributed by atoms with E-state index < -0.39 is 11.6 Å². The van der Waals surface area contributed by atoms with Crippen LogP contribution in [0.25, 0.3) is 33.9 Å². The summed E-state index contributed by atoms with van der Waals surface area (Å²) in [6.07, 6.45) is 5.34. The number of hydrogen-bond donors (Lipinski definition) is 0. The van der Waals surface area contributed by atoms with Crippen molar-refractivity contribution in [1.82, 2.24) is 14.5 Å². The van der Waals surface area contributed by atoms with Crippen molar-refractivity contribution in [1.29, 1.82) is 0 Å². The van der Waals surface area contributed by atoms with Crippen molar-refractivity contribution in [3.63, 3.8) is 0 Å². The quantitative estimate of drug-likeness (QED) is 0.140. The summed E-state index contributed by atoms with van der Waals surface area (Å²) >= 11 is 0. The molecule has 0 aromatic heterocycles. The zero-order valence-corrected chi connectivity index (χ0v) is 22.4. The van der Waals surface area contributed by atoms with Crippen LogP contribution in [0.4, 0.5) is 8.78 Å². The Morgan fingerprint density at radius 2 is 1.68 bits per heavy atom. The van der Waals surface area contributed by atoms with Crippen molar-refractivity contribution in [3.05, 3.63) is 102 Å². The number of nitrogens with zero attached hydrogens (tertiary/aromatic N) is 3. The van der Waals surface area contributed by atoms with Crippen molar-refractivity contribution in [3.8, 4) is 39.7 Å². The maximum atomic E-state index is 14.2. The first-order valence-electron chi connectivity index (χ1n) is 13.1. The predicted octanol–water partition coefficient (Wildman–Crippen LogP) is 7.07.